The SMILES string of the molecule is COc1nc2sccc2nc1C(=O)OC1CC2CCC(C(N)=O)(C1)N2Cc1cccs1. The highest BCUT2D eigenvalue weighted by atomic mass is 32.1. The van der Waals surface area contributed by atoms with Crippen molar-refractivity contribution in [2.24, 2.45) is 5.73 Å². The zero-order valence-electron chi connectivity index (χ0n) is 16.9. The smallest absolute Gasteiger partial charge is 0.362 e. The first-order valence-corrected chi connectivity index (χ1v) is 11.9. The van der Waals surface area contributed by atoms with Crippen molar-refractivity contribution in [2.75, 3.05) is 7.11 Å². The molecule has 3 unspecified atom stereocenters. The Kier molecular flexibility index (Phi) is 5.15. The van der Waals surface area contributed by atoms with Crippen molar-refractivity contribution in [2.45, 2.75) is 49.9 Å². The first-order valence-electron chi connectivity index (χ1n) is 10.1. The summed E-state index contributed by atoms with van der Waals surface area (Å²) in [7, 11) is 1.45. The summed E-state index contributed by atoms with van der Waals surface area (Å²) in [5.74, 6) is -0.805. The molecule has 0 aliphatic carbocycles. The highest BCUT2D eigenvalue weighted by molar-refractivity contribution is 7.16. The summed E-state index contributed by atoms with van der Waals surface area (Å²) in [5, 5.41) is 3.89. The van der Waals surface area contributed by atoms with Gasteiger partial charge < -0.3 is 15.2 Å². The quantitative estimate of drug-likeness (QED) is 0.566. The lowest BCUT2D eigenvalue weighted by Gasteiger charge is -2.45. The van der Waals surface area contributed by atoms with Gasteiger partial charge in [-0.25, -0.2) is 9.78 Å². The normalized spacial score (nSPS) is 25.6. The lowest BCUT2D eigenvalue weighted by molar-refractivity contribution is -0.136. The fourth-order valence-corrected chi connectivity index (χ4v) is 6.25. The van der Waals surface area contributed by atoms with Gasteiger partial charge in [0.25, 0.3) is 0 Å². The number of nitrogens with two attached hydrogens (primary N) is 1. The fourth-order valence-electron chi connectivity index (χ4n) is 4.85. The van der Waals surface area contributed by atoms with E-state index in [0.717, 1.165) is 6.42 Å². The molecule has 2 fully saturated rings. The maximum absolute atomic E-state index is 13.0. The maximum Gasteiger partial charge on any atom is 0.362 e. The number of methoxy groups -OCH3 is 1. The van der Waals surface area contributed by atoms with E-state index in [1.54, 1.807) is 17.4 Å². The van der Waals surface area contributed by atoms with Crippen LogP contribution < -0.4 is 10.5 Å². The average Bonchev–Trinajstić information content (AvgIpc) is 3.47. The molecule has 2 bridgehead atoms. The zero-order chi connectivity index (χ0) is 21.6. The van der Waals surface area contributed by atoms with E-state index in [2.05, 4.69) is 20.9 Å². The summed E-state index contributed by atoms with van der Waals surface area (Å²) in [6.07, 6.45) is 2.15. The van der Waals surface area contributed by atoms with E-state index in [1.165, 1.54) is 23.3 Å². The van der Waals surface area contributed by atoms with Gasteiger partial charge in [-0.3, -0.25) is 9.69 Å². The second kappa shape index (κ2) is 7.85. The molecule has 0 saturated carbocycles. The van der Waals surface area contributed by atoms with Crippen LogP contribution in [0.5, 0.6) is 5.88 Å². The second-order valence-corrected chi connectivity index (χ2v) is 9.88. The zero-order valence-corrected chi connectivity index (χ0v) is 18.6. The van der Waals surface area contributed by atoms with E-state index in [4.69, 9.17) is 15.2 Å². The van der Waals surface area contributed by atoms with Crippen LogP contribution in [0, 0.1) is 0 Å². The van der Waals surface area contributed by atoms with Gasteiger partial charge in [0.1, 0.15) is 22.0 Å². The van der Waals surface area contributed by atoms with Gasteiger partial charge in [-0.1, -0.05) is 6.07 Å². The van der Waals surface area contributed by atoms with E-state index in [0.29, 0.717) is 36.2 Å². The summed E-state index contributed by atoms with van der Waals surface area (Å²) in [6.45, 7) is 0.681. The topological polar surface area (TPSA) is 108 Å². The Labute approximate surface area is 187 Å². The average molecular weight is 459 g/mol. The van der Waals surface area contributed by atoms with Crippen molar-refractivity contribution in [1.29, 1.82) is 0 Å². The van der Waals surface area contributed by atoms with Crippen molar-refractivity contribution in [1.82, 2.24) is 14.9 Å². The molecule has 8 nitrogen and oxygen atoms in total. The Hall–Kier alpha value is -2.56. The monoisotopic (exact) mass is 458 g/mol. The number of thiophene rings is 2. The van der Waals surface area contributed by atoms with Crippen LogP contribution in [0.15, 0.2) is 29.0 Å². The van der Waals surface area contributed by atoms with Gasteiger partial charge >= 0.3 is 5.97 Å². The molecule has 0 aromatic carbocycles. The number of esters is 1. The number of rotatable bonds is 6. The van der Waals surface area contributed by atoms with Crippen molar-refractivity contribution in [3.63, 3.8) is 0 Å². The Morgan fingerprint density at radius 2 is 2.16 bits per heavy atom. The number of hydrogen-bond donors (Lipinski definition) is 1. The Morgan fingerprint density at radius 3 is 2.90 bits per heavy atom. The molecule has 10 heteroatoms. The number of hydrogen-bond acceptors (Lipinski definition) is 9. The number of carbonyl (C=O) groups excluding carboxylic acids is 2. The number of amides is 1. The largest absolute Gasteiger partial charge is 0.479 e. The van der Waals surface area contributed by atoms with Crippen LogP contribution in [0.2, 0.25) is 0 Å². The predicted octanol–water partition coefficient (Wildman–Crippen LogP) is 2.97. The van der Waals surface area contributed by atoms with Crippen LogP contribution in [-0.2, 0) is 16.1 Å². The number of carbonyl (C=O) groups is 2. The molecular formula is C21H22N4O4S2. The van der Waals surface area contributed by atoms with Gasteiger partial charge in [-0.05, 0) is 35.7 Å². The molecule has 2 saturated heterocycles. The molecule has 2 N–H and O–H groups in total. The third kappa shape index (κ3) is 3.48. The van der Waals surface area contributed by atoms with Gasteiger partial charge in [0.15, 0.2) is 0 Å². The van der Waals surface area contributed by atoms with E-state index in [-0.39, 0.29) is 23.5 Å². The second-order valence-electron chi connectivity index (χ2n) is 7.96. The van der Waals surface area contributed by atoms with E-state index < -0.39 is 17.6 Å². The lowest BCUT2D eigenvalue weighted by Crippen LogP contribution is -2.60. The summed E-state index contributed by atoms with van der Waals surface area (Å²) >= 11 is 3.09. The lowest BCUT2D eigenvalue weighted by atomic mass is 9.85. The molecule has 31 heavy (non-hydrogen) atoms. The Morgan fingerprint density at radius 1 is 1.29 bits per heavy atom. The van der Waals surface area contributed by atoms with Crippen molar-refractivity contribution in [3.05, 3.63) is 39.5 Å². The molecule has 2 aliphatic rings. The molecule has 1 amide bonds. The van der Waals surface area contributed by atoms with E-state index >= 15 is 0 Å². The van der Waals surface area contributed by atoms with E-state index in [9.17, 15) is 9.59 Å². The molecule has 0 radical (unpaired) electrons. The molecule has 5 heterocycles. The number of primary amides is 1. The Balaban J connectivity index is 1.38. The summed E-state index contributed by atoms with van der Waals surface area (Å²) in [6, 6.07) is 6.01. The summed E-state index contributed by atoms with van der Waals surface area (Å²) in [5.41, 5.74) is 5.77. The van der Waals surface area contributed by atoms with Crippen molar-refractivity contribution in [3.8, 4) is 5.88 Å². The van der Waals surface area contributed by atoms with Crippen LogP contribution >= 0.6 is 22.7 Å². The number of ether oxygens (including phenoxy) is 2. The first-order chi connectivity index (χ1) is 15.0. The molecule has 5 rings (SSSR count). The summed E-state index contributed by atoms with van der Waals surface area (Å²) in [4.78, 5) is 38.4. The standard InChI is InChI=1S/C21H22N4O4S2/c1-28-17-16(23-15-5-8-31-18(15)24-17)19(26)29-13-9-12-4-6-21(10-13,20(22)27)25(12)11-14-3-2-7-30-14/h2-3,5,7-8,12-13H,4,6,9-11H2,1H3,(H2,22,27). The molecule has 0 spiro atoms. The molecule has 2 aliphatic heterocycles. The fraction of sp³-hybridized carbons (Fsp3) is 0.429. The van der Waals surface area contributed by atoms with Crippen molar-refractivity contribution >= 4 is 44.9 Å². The molecular weight excluding hydrogens is 436 g/mol. The number of fused-ring (bicyclic) bond motifs is 3. The van der Waals surface area contributed by atoms with Gasteiger partial charge in [0.05, 0.1) is 7.11 Å². The van der Waals surface area contributed by atoms with Gasteiger partial charge in [-0.15, -0.1) is 22.7 Å². The third-order valence-electron chi connectivity index (χ3n) is 6.27. The van der Waals surface area contributed by atoms with Crippen LogP contribution in [-0.4, -0.2) is 51.5 Å². The number of nitrogens with zero attached hydrogens (tertiary/aromatic N) is 3. The molecule has 3 aromatic heterocycles. The number of aromatic nitrogens is 2. The van der Waals surface area contributed by atoms with Crippen LogP contribution in [0.1, 0.15) is 41.0 Å². The van der Waals surface area contributed by atoms with Crippen LogP contribution in [0.25, 0.3) is 10.3 Å². The first kappa shape index (κ1) is 20.3. The molecule has 3 atom stereocenters. The van der Waals surface area contributed by atoms with Crippen molar-refractivity contribution < 1.29 is 19.1 Å². The van der Waals surface area contributed by atoms with E-state index in [1.807, 2.05) is 16.8 Å². The predicted molar refractivity (Wildman–Crippen MR) is 117 cm³/mol. The Bertz CT molecular complexity index is 1130. The highest BCUT2D eigenvalue weighted by Crippen LogP contribution is 2.46. The van der Waals surface area contributed by atoms with Gasteiger partial charge in [0.2, 0.25) is 17.5 Å². The minimum Gasteiger partial charge on any atom is -0.479 e. The maximum atomic E-state index is 13.0. The van der Waals surface area contributed by atoms with Gasteiger partial charge in [0, 0.05) is 30.3 Å². The summed E-state index contributed by atoms with van der Waals surface area (Å²) < 4.78 is 11.1. The highest BCUT2D eigenvalue weighted by Gasteiger charge is 2.56. The number of piperidine rings is 1. The molecule has 162 valence electrons. The molecule has 3 aromatic rings. The minimum atomic E-state index is -0.801. The minimum absolute atomic E-state index is 0.0508. The van der Waals surface area contributed by atoms with Crippen LogP contribution in [0.3, 0.4) is 0 Å². The van der Waals surface area contributed by atoms with Crippen LogP contribution in [0.4, 0.5) is 0 Å². The van der Waals surface area contributed by atoms with Gasteiger partial charge in [-0.2, -0.15) is 4.98 Å². The third-order valence-corrected chi connectivity index (χ3v) is 7.93.